The molecule has 0 aromatic carbocycles. The Morgan fingerprint density at radius 2 is 1.97 bits per heavy atom. The van der Waals surface area contributed by atoms with Gasteiger partial charge in [-0.3, -0.25) is 5.10 Å². The van der Waals surface area contributed by atoms with Crippen molar-refractivity contribution in [3.63, 3.8) is 0 Å². The lowest BCUT2D eigenvalue weighted by atomic mass is 9.82. The minimum Gasteiger partial charge on any atom is -0.481 e. The van der Waals surface area contributed by atoms with E-state index in [-0.39, 0.29) is 24.7 Å². The SMILES string of the molecule is COc1cc(Nc2cc(CO)[nH]n2)nc(CNC2CC3CCCC(C2)N3C(=O)N2CCOCC2)n1. The van der Waals surface area contributed by atoms with Crippen molar-refractivity contribution in [2.24, 2.45) is 0 Å². The summed E-state index contributed by atoms with van der Waals surface area (Å²) < 4.78 is 10.8. The molecule has 5 rings (SSSR count). The van der Waals surface area contributed by atoms with E-state index in [1.54, 1.807) is 19.2 Å². The number of methoxy groups -OCH3 is 1. The summed E-state index contributed by atoms with van der Waals surface area (Å²) in [6.45, 7) is 2.99. The summed E-state index contributed by atoms with van der Waals surface area (Å²) in [5.41, 5.74) is 0.611. The molecule has 2 atom stereocenters. The minimum absolute atomic E-state index is 0.115. The number of aliphatic hydroxyl groups excluding tert-OH is 1. The highest BCUT2D eigenvalue weighted by Crippen LogP contribution is 2.35. The average molecular weight is 487 g/mol. The maximum absolute atomic E-state index is 13.2. The van der Waals surface area contributed by atoms with Crippen LogP contribution in [-0.2, 0) is 17.9 Å². The molecule has 2 bridgehead atoms. The number of H-pyrrole nitrogens is 1. The first-order valence-electron chi connectivity index (χ1n) is 12.4. The summed E-state index contributed by atoms with van der Waals surface area (Å²) in [6, 6.07) is 4.42. The first kappa shape index (κ1) is 23.8. The number of carbonyl (C=O) groups excluding carboxylic acids is 1. The number of aromatic nitrogens is 4. The maximum atomic E-state index is 13.2. The fraction of sp³-hybridized carbons (Fsp3) is 0.652. The molecule has 0 spiro atoms. The summed E-state index contributed by atoms with van der Waals surface area (Å²) in [4.78, 5) is 26.4. The predicted molar refractivity (Wildman–Crippen MR) is 127 cm³/mol. The maximum Gasteiger partial charge on any atom is 0.320 e. The van der Waals surface area contributed by atoms with Gasteiger partial charge in [-0.25, -0.2) is 9.78 Å². The van der Waals surface area contributed by atoms with E-state index in [0.29, 0.717) is 67.9 Å². The molecule has 0 saturated carbocycles. The number of urea groups is 1. The summed E-state index contributed by atoms with van der Waals surface area (Å²) in [6.07, 6.45) is 5.13. The first-order valence-corrected chi connectivity index (χ1v) is 12.4. The minimum atomic E-state index is -0.115. The van der Waals surface area contributed by atoms with Crippen molar-refractivity contribution in [3.8, 4) is 5.88 Å². The van der Waals surface area contributed by atoms with Crippen molar-refractivity contribution in [1.82, 2.24) is 35.3 Å². The molecule has 3 aliphatic heterocycles. The fourth-order valence-corrected chi connectivity index (χ4v) is 5.37. The van der Waals surface area contributed by atoms with Gasteiger partial charge in [0.25, 0.3) is 0 Å². The van der Waals surface area contributed by atoms with E-state index in [2.05, 4.69) is 35.7 Å². The number of hydrogen-bond donors (Lipinski definition) is 4. The lowest BCUT2D eigenvalue weighted by Crippen LogP contribution is -2.62. The number of fused-ring (bicyclic) bond motifs is 2. The van der Waals surface area contributed by atoms with Crippen molar-refractivity contribution in [2.45, 2.75) is 63.4 Å². The second-order valence-corrected chi connectivity index (χ2v) is 9.35. The van der Waals surface area contributed by atoms with E-state index >= 15 is 0 Å². The number of ether oxygens (including phenoxy) is 2. The molecule has 2 aromatic rings. The van der Waals surface area contributed by atoms with Gasteiger partial charge in [-0.15, -0.1) is 0 Å². The zero-order chi connectivity index (χ0) is 24.2. The Labute approximate surface area is 204 Å². The van der Waals surface area contributed by atoms with Crippen LogP contribution in [0.1, 0.15) is 43.6 Å². The van der Waals surface area contributed by atoms with E-state index in [9.17, 15) is 9.90 Å². The summed E-state index contributed by atoms with van der Waals surface area (Å²) >= 11 is 0. The number of morpholine rings is 1. The first-order chi connectivity index (χ1) is 17.1. The van der Waals surface area contributed by atoms with Crippen LogP contribution in [0.2, 0.25) is 0 Å². The third kappa shape index (κ3) is 5.49. The molecule has 0 aliphatic carbocycles. The van der Waals surface area contributed by atoms with Crippen LogP contribution in [0.5, 0.6) is 5.88 Å². The number of hydrogen-bond acceptors (Lipinski definition) is 9. The normalized spacial score (nSPS) is 24.3. The predicted octanol–water partition coefficient (Wildman–Crippen LogP) is 1.37. The van der Waals surface area contributed by atoms with Gasteiger partial charge in [-0.05, 0) is 32.1 Å². The highest BCUT2D eigenvalue weighted by atomic mass is 16.5. The Kier molecular flexibility index (Phi) is 7.30. The topological polar surface area (TPSA) is 141 Å². The Balaban J connectivity index is 1.21. The van der Waals surface area contributed by atoms with E-state index in [0.717, 1.165) is 25.7 Å². The second kappa shape index (κ2) is 10.8. The van der Waals surface area contributed by atoms with Crippen LogP contribution in [-0.4, -0.2) is 92.6 Å². The number of anilines is 2. The molecule has 2 aromatic heterocycles. The standard InChI is InChI=1S/C23H34N8O4/c1-34-22-12-19(25-20-11-16(14-32)28-29-20)26-21(27-22)13-24-15-9-17-3-2-4-18(10-15)31(17)23(33)30-5-7-35-8-6-30/h11-12,15,17-18,24,32H,2-10,13-14H2,1H3,(H2,25,26,27,28,29). The number of rotatable bonds is 7. The molecule has 35 heavy (non-hydrogen) atoms. The number of nitrogens with zero attached hydrogens (tertiary/aromatic N) is 5. The van der Waals surface area contributed by atoms with Gasteiger partial charge in [0.2, 0.25) is 5.88 Å². The molecule has 12 nitrogen and oxygen atoms in total. The Morgan fingerprint density at radius 3 is 2.66 bits per heavy atom. The summed E-state index contributed by atoms with van der Waals surface area (Å²) in [5, 5.41) is 22.8. The van der Waals surface area contributed by atoms with Crippen LogP contribution < -0.4 is 15.4 Å². The third-order valence-electron chi connectivity index (χ3n) is 7.04. The monoisotopic (exact) mass is 486 g/mol. The molecule has 3 saturated heterocycles. The number of aliphatic hydroxyl groups is 1. The van der Waals surface area contributed by atoms with Gasteiger partial charge in [0, 0.05) is 43.3 Å². The van der Waals surface area contributed by atoms with Crippen LogP contribution in [0.15, 0.2) is 12.1 Å². The Morgan fingerprint density at radius 1 is 1.20 bits per heavy atom. The Bertz CT molecular complexity index is 997. The van der Waals surface area contributed by atoms with Gasteiger partial charge in [-0.1, -0.05) is 0 Å². The number of carbonyl (C=O) groups is 1. The highest BCUT2D eigenvalue weighted by Gasteiger charge is 2.42. The van der Waals surface area contributed by atoms with Crippen LogP contribution in [0, 0.1) is 0 Å². The zero-order valence-electron chi connectivity index (χ0n) is 20.1. The summed E-state index contributed by atoms with van der Waals surface area (Å²) in [7, 11) is 1.57. The smallest absolute Gasteiger partial charge is 0.320 e. The van der Waals surface area contributed by atoms with Crippen molar-refractivity contribution >= 4 is 17.7 Å². The van der Waals surface area contributed by atoms with Crippen molar-refractivity contribution < 1.29 is 19.4 Å². The molecule has 2 amide bonds. The number of amides is 2. The molecular formula is C23H34N8O4. The lowest BCUT2D eigenvalue weighted by Gasteiger charge is -2.50. The number of aromatic amines is 1. The molecule has 190 valence electrons. The van der Waals surface area contributed by atoms with Gasteiger partial charge in [0.1, 0.15) is 11.6 Å². The molecule has 4 N–H and O–H groups in total. The lowest BCUT2D eigenvalue weighted by molar-refractivity contribution is 0.00791. The van der Waals surface area contributed by atoms with Gasteiger partial charge in [0.05, 0.1) is 39.2 Å². The molecule has 3 fully saturated rings. The van der Waals surface area contributed by atoms with E-state index in [4.69, 9.17) is 9.47 Å². The largest absolute Gasteiger partial charge is 0.481 e. The van der Waals surface area contributed by atoms with Gasteiger partial charge in [-0.2, -0.15) is 10.1 Å². The zero-order valence-corrected chi connectivity index (χ0v) is 20.1. The molecule has 5 heterocycles. The molecular weight excluding hydrogens is 452 g/mol. The van der Waals surface area contributed by atoms with E-state index in [1.165, 1.54) is 6.42 Å². The molecule has 0 radical (unpaired) electrons. The van der Waals surface area contributed by atoms with E-state index in [1.807, 2.05) is 4.90 Å². The average Bonchev–Trinajstić information content (AvgIpc) is 3.34. The fourth-order valence-electron chi connectivity index (χ4n) is 5.37. The van der Waals surface area contributed by atoms with Crippen LogP contribution >= 0.6 is 0 Å². The van der Waals surface area contributed by atoms with Crippen LogP contribution in [0.4, 0.5) is 16.4 Å². The van der Waals surface area contributed by atoms with Gasteiger partial charge in [0.15, 0.2) is 5.82 Å². The van der Waals surface area contributed by atoms with E-state index < -0.39 is 0 Å². The third-order valence-corrected chi connectivity index (χ3v) is 7.04. The van der Waals surface area contributed by atoms with Crippen LogP contribution in [0.25, 0.3) is 0 Å². The van der Waals surface area contributed by atoms with Gasteiger partial charge < -0.3 is 35.0 Å². The van der Waals surface area contributed by atoms with Gasteiger partial charge >= 0.3 is 6.03 Å². The van der Waals surface area contributed by atoms with Crippen molar-refractivity contribution in [3.05, 3.63) is 23.7 Å². The second-order valence-electron chi connectivity index (χ2n) is 9.35. The highest BCUT2D eigenvalue weighted by molar-refractivity contribution is 5.75. The van der Waals surface area contributed by atoms with Crippen LogP contribution in [0.3, 0.4) is 0 Å². The molecule has 2 unspecified atom stereocenters. The number of nitrogens with one attached hydrogen (secondary N) is 3. The Hall–Kier alpha value is -2.96. The quantitative estimate of drug-likeness (QED) is 0.457. The summed E-state index contributed by atoms with van der Waals surface area (Å²) in [5.74, 6) is 2.19. The molecule has 3 aliphatic rings. The van der Waals surface area contributed by atoms with Crippen molar-refractivity contribution in [2.75, 3.05) is 38.7 Å². The molecule has 12 heteroatoms. The van der Waals surface area contributed by atoms with Crippen molar-refractivity contribution in [1.29, 1.82) is 0 Å². The number of piperidine rings is 2.